The lowest BCUT2D eigenvalue weighted by Gasteiger charge is -2.12. The van der Waals surface area contributed by atoms with E-state index in [9.17, 15) is 5.11 Å². The number of benzene rings is 2. The molecular weight excluding hydrogens is 274 g/mol. The van der Waals surface area contributed by atoms with E-state index in [0.29, 0.717) is 13.2 Å². The summed E-state index contributed by atoms with van der Waals surface area (Å²) in [6.07, 6.45) is 1.57. The Morgan fingerprint density at radius 1 is 1.05 bits per heavy atom. The van der Waals surface area contributed by atoms with E-state index in [0.717, 1.165) is 25.1 Å². The lowest BCUT2D eigenvalue weighted by atomic mass is 10.1. The van der Waals surface area contributed by atoms with Gasteiger partial charge in [0.25, 0.3) is 0 Å². The van der Waals surface area contributed by atoms with E-state index >= 15 is 0 Å². The number of aliphatic hydroxyl groups excluding tert-OH is 1. The van der Waals surface area contributed by atoms with Crippen LogP contribution in [0.1, 0.15) is 18.1 Å². The van der Waals surface area contributed by atoms with E-state index in [1.54, 1.807) is 0 Å². The largest absolute Gasteiger partial charge is 0.491 e. The normalized spacial score (nSPS) is 12.1. The van der Waals surface area contributed by atoms with Crippen LogP contribution in [0.2, 0.25) is 0 Å². The van der Waals surface area contributed by atoms with Crippen molar-refractivity contribution < 1.29 is 15.2 Å². The molecule has 3 heteroatoms. The molecule has 0 amide bonds. The molecule has 0 saturated carbocycles. The summed E-state index contributed by atoms with van der Waals surface area (Å²) in [5.41, 5.74) is 2.59. The zero-order valence-corrected chi connectivity index (χ0v) is 13.2. The van der Waals surface area contributed by atoms with Crippen LogP contribution in [0.15, 0.2) is 54.6 Å². The van der Waals surface area contributed by atoms with Gasteiger partial charge in [0.1, 0.15) is 25.0 Å². The van der Waals surface area contributed by atoms with E-state index in [4.69, 9.17) is 4.74 Å². The number of hydrogen-bond acceptors (Lipinski definition) is 2. The van der Waals surface area contributed by atoms with Crippen molar-refractivity contribution in [3.05, 3.63) is 65.7 Å². The zero-order valence-electron chi connectivity index (χ0n) is 13.2. The molecule has 0 heterocycles. The van der Waals surface area contributed by atoms with Gasteiger partial charge in [0.15, 0.2) is 0 Å². The molecule has 0 aromatic heterocycles. The molecule has 0 spiro atoms. The smallest absolute Gasteiger partial charge is 0.137 e. The van der Waals surface area contributed by atoms with Crippen molar-refractivity contribution in [3.63, 3.8) is 0 Å². The van der Waals surface area contributed by atoms with Crippen LogP contribution >= 0.6 is 0 Å². The van der Waals surface area contributed by atoms with Crippen LogP contribution in [0.25, 0.3) is 0 Å². The van der Waals surface area contributed by atoms with Crippen LogP contribution in [-0.4, -0.2) is 30.9 Å². The zero-order chi connectivity index (χ0) is 15.6. The van der Waals surface area contributed by atoms with E-state index in [-0.39, 0.29) is 0 Å². The number of hydrogen-bond donors (Lipinski definition) is 2. The van der Waals surface area contributed by atoms with Gasteiger partial charge in [-0.1, -0.05) is 49.4 Å². The molecule has 0 bridgehead atoms. The van der Waals surface area contributed by atoms with Gasteiger partial charge in [-0.25, -0.2) is 0 Å². The Balaban J connectivity index is 1.62. The second kappa shape index (κ2) is 9.23. The summed E-state index contributed by atoms with van der Waals surface area (Å²) in [5.74, 6) is 0.836. The van der Waals surface area contributed by atoms with Gasteiger partial charge in [-0.2, -0.15) is 0 Å². The predicted octanol–water partition coefficient (Wildman–Crippen LogP) is 1.79. The fourth-order valence-electron chi connectivity index (χ4n) is 2.34. The third-order valence-electron chi connectivity index (χ3n) is 3.67. The number of nitrogens with two attached hydrogens (primary N) is 1. The minimum Gasteiger partial charge on any atom is -0.491 e. The average molecular weight is 300 g/mol. The first-order chi connectivity index (χ1) is 10.8. The van der Waals surface area contributed by atoms with Gasteiger partial charge < -0.3 is 15.2 Å². The van der Waals surface area contributed by atoms with Gasteiger partial charge in [0, 0.05) is 6.42 Å². The summed E-state index contributed by atoms with van der Waals surface area (Å²) in [4.78, 5) is 0. The SMILES string of the molecule is CCc1cccc(OC[C@H](O)C[NH2+]CCc2ccccc2)c1. The molecule has 0 radical (unpaired) electrons. The number of quaternary nitrogens is 1. The molecule has 3 nitrogen and oxygen atoms in total. The Morgan fingerprint density at radius 3 is 2.59 bits per heavy atom. The van der Waals surface area contributed by atoms with Crippen LogP contribution in [0.3, 0.4) is 0 Å². The lowest BCUT2D eigenvalue weighted by Crippen LogP contribution is -2.87. The highest BCUT2D eigenvalue weighted by molar-refractivity contribution is 5.28. The van der Waals surface area contributed by atoms with Crippen LogP contribution in [0.4, 0.5) is 0 Å². The molecule has 0 saturated heterocycles. The Hall–Kier alpha value is -1.84. The number of rotatable bonds is 9. The van der Waals surface area contributed by atoms with Gasteiger partial charge in [0.2, 0.25) is 0 Å². The van der Waals surface area contributed by atoms with Crippen molar-refractivity contribution in [2.45, 2.75) is 25.9 Å². The molecule has 2 aromatic carbocycles. The van der Waals surface area contributed by atoms with Crippen LogP contribution in [-0.2, 0) is 12.8 Å². The van der Waals surface area contributed by atoms with E-state index in [1.807, 2.05) is 24.3 Å². The monoisotopic (exact) mass is 300 g/mol. The summed E-state index contributed by atoms with van der Waals surface area (Å²) in [7, 11) is 0. The Morgan fingerprint density at radius 2 is 1.82 bits per heavy atom. The predicted molar refractivity (Wildman–Crippen MR) is 89.1 cm³/mol. The maximum atomic E-state index is 9.98. The maximum absolute atomic E-state index is 9.98. The fraction of sp³-hybridized carbons (Fsp3) is 0.368. The highest BCUT2D eigenvalue weighted by atomic mass is 16.5. The molecule has 1 atom stereocenters. The second-order valence-corrected chi connectivity index (χ2v) is 5.51. The summed E-state index contributed by atoms with van der Waals surface area (Å²) >= 11 is 0. The van der Waals surface area contributed by atoms with Gasteiger partial charge in [-0.05, 0) is 29.7 Å². The summed E-state index contributed by atoms with van der Waals surface area (Å²) in [6, 6.07) is 18.5. The Labute approximate surface area is 133 Å². The highest BCUT2D eigenvalue weighted by Crippen LogP contribution is 2.13. The first-order valence-corrected chi connectivity index (χ1v) is 8.03. The summed E-state index contributed by atoms with van der Waals surface area (Å²) in [6.45, 7) is 4.11. The molecule has 2 aromatic rings. The Kier molecular flexibility index (Phi) is 6.94. The summed E-state index contributed by atoms with van der Waals surface area (Å²) < 4.78 is 5.66. The van der Waals surface area contributed by atoms with E-state index in [1.165, 1.54) is 11.1 Å². The third kappa shape index (κ3) is 5.88. The van der Waals surface area contributed by atoms with Crippen molar-refractivity contribution in [1.29, 1.82) is 0 Å². The minimum atomic E-state index is -0.443. The minimum absolute atomic E-state index is 0.342. The molecule has 0 aliphatic heterocycles. The second-order valence-electron chi connectivity index (χ2n) is 5.51. The van der Waals surface area contributed by atoms with Crippen molar-refractivity contribution in [3.8, 4) is 5.75 Å². The molecule has 0 fully saturated rings. The molecule has 3 N–H and O–H groups in total. The van der Waals surface area contributed by atoms with Gasteiger partial charge in [0.05, 0.1) is 6.54 Å². The lowest BCUT2D eigenvalue weighted by molar-refractivity contribution is -0.660. The van der Waals surface area contributed by atoms with Gasteiger partial charge in [-0.3, -0.25) is 0 Å². The quantitative estimate of drug-likeness (QED) is 0.694. The first kappa shape index (κ1) is 16.5. The van der Waals surface area contributed by atoms with Crippen molar-refractivity contribution in [1.82, 2.24) is 0 Å². The fourth-order valence-corrected chi connectivity index (χ4v) is 2.34. The van der Waals surface area contributed by atoms with E-state index in [2.05, 4.69) is 42.6 Å². The standard InChI is InChI=1S/C19H25NO2/c1-2-16-9-6-10-19(13-16)22-15-18(21)14-20-12-11-17-7-4-3-5-8-17/h3-10,13,18,20-21H,2,11-12,14-15H2,1H3/p+1/t18-/m1/s1. The molecule has 2 rings (SSSR count). The van der Waals surface area contributed by atoms with Crippen LogP contribution in [0, 0.1) is 0 Å². The first-order valence-electron chi connectivity index (χ1n) is 8.03. The van der Waals surface area contributed by atoms with Gasteiger partial charge in [-0.15, -0.1) is 0 Å². The van der Waals surface area contributed by atoms with Crippen molar-refractivity contribution in [2.24, 2.45) is 0 Å². The molecular formula is C19H26NO2+. The molecule has 0 unspecified atom stereocenters. The maximum Gasteiger partial charge on any atom is 0.137 e. The average Bonchev–Trinajstić information content (AvgIpc) is 2.58. The molecule has 0 aliphatic rings. The Bertz CT molecular complexity index is 542. The number of ether oxygens (including phenoxy) is 1. The van der Waals surface area contributed by atoms with Gasteiger partial charge >= 0.3 is 0 Å². The highest BCUT2D eigenvalue weighted by Gasteiger charge is 2.07. The van der Waals surface area contributed by atoms with Crippen molar-refractivity contribution in [2.75, 3.05) is 19.7 Å². The molecule has 118 valence electrons. The van der Waals surface area contributed by atoms with E-state index < -0.39 is 6.10 Å². The summed E-state index contributed by atoms with van der Waals surface area (Å²) in [5, 5.41) is 12.1. The number of aryl methyl sites for hydroxylation is 1. The third-order valence-corrected chi connectivity index (χ3v) is 3.67. The van der Waals surface area contributed by atoms with Crippen LogP contribution in [0.5, 0.6) is 5.75 Å². The van der Waals surface area contributed by atoms with Crippen LogP contribution < -0.4 is 10.1 Å². The molecule has 0 aliphatic carbocycles. The topological polar surface area (TPSA) is 46.1 Å². The molecule has 22 heavy (non-hydrogen) atoms. The van der Waals surface area contributed by atoms with Crippen molar-refractivity contribution >= 4 is 0 Å². The number of aliphatic hydroxyl groups is 1.